The van der Waals surface area contributed by atoms with E-state index < -0.39 is 23.4 Å². The van der Waals surface area contributed by atoms with Gasteiger partial charge in [0.05, 0.1) is 23.4 Å². The van der Waals surface area contributed by atoms with Crippen LogP contribution in [0.1, 0.15) is 91.9 Å². The summed E-state index contributed by atoms with van der Waals surface area (Å²) in [6.45, 7) is 7.50. The lowest BCUT2D eigenvalue weighted by molar-refractivity contribution is -0.156. The van der Waals surface area contributed by atoms with Crippen molar-refractivity contribution >= 4 is 0 Å². The van der Waals surface area contributed by atoms with Gasteiger partial charge in [-0.2, -0.15) is 0 Å². The smallest absolute Gasteiger partial charge is 0.0930 e. The Bertz CT molecular complexity index is 278. The topological polar surface area (TPSA) is 80.9 Å². The molecular weight excluding hydrogens is 280 g/mol. The molecule has 0 aromatic rings. The number of aliphatic hydroxyl groups excluding tert-OH is 2. The molecule has 22 heavy (non-hydrogen) atoms. The molecule has 0 aliphatic carbocycles. The van der Waals surface area contributed by atoms with Gasteiger partial charge in [0.25, 0.3) is 0 Å². The van der Waals surface area contributed by atoms with E-state index in [-0.39, 0.29) is 0 Å². The van der Waals surface area contributed by atoms with E-state index in [9.17, 15) is 20.4 Å². The van der Waals surface area contributed by atoms with Crippen molar-refractivity contribution < 1.29 is 20.4 Å². The minimum absolute atomic E-state index is 0.526. The molecule has 0 spiro atoms. The van der Waals surface area contributed by atoms with Gasteiger partial charge in [0, 0.05) is 0 Å². The lowest BCUT2D eigenvalue weighted by Crippen LogP contribution is -2.52. The molecule has 0 fully saturated rings. The molecule has 0 aromatic carbocycles. The van der Waals surface area contributed by atoms with E-state index in [1.165, 1.54) is 0 Å². The second kappa shape index (κ2) is 10.6. The highest BCUT2D eigenvalue weighted by Gasteiger charge is 2.43. The quantitative estimate of drug-likeness (QED) is 0.393. The van der Waals surface area contributed by atoms with Crippen LogP contribution in [0.3, 0.4) is 0 Å². The Morgan fingerprint density at radius 1 is 0.818 bits per heavy atom. The Kier molecular flexibility index (Phi) is 10.5. The molecule has 0 aromatic heterocycles. The molecule has 4 unspecified atom stereocenters. The number of rotatable bonds is 13. The molecule has 0 aliphatic rings. The van der Waals surface area contributed by atoms with Gasteiger partial charge in [-0.25, -0.2) is 0 Å². The predicted molar refractivity (Wildman–Crippen MR) is 90.8 cm³/mol. The maximum Gasteiger partial charge on any atom is 0.0930 e. The molecule has 4 heteroatoms. The normalized spacial score (nSPS) is 20.2. The molecule has 4 N–H and O–H groups in total. The second-order valence-corrected chi connectivity index (χ2v) is 7.07. The SMILES string of the molecule is CCCCC(C)(O)C(O)(CCCC)CCCCC(O)C(C)O. The van der Waals surface area contributed by atoms with Crippen LogP contribution in [0, 0.1) is 0 Å². The molecule has 0 saturated heterocycles. The minimum Gasteiger partial charge on any atom is -0.391 e. The molecule has 0 amide bonds. The minimum atomic E-state index is -1.07. The molecule has 4 atom stereocenters. The third-order valence-electron chi connectivity index (χ3n) is 4.86. The molecule has 0 rings (SSSR count). The summed E-state index contributed by atoms with van der Waals surface area (Å²) >= 11 is 0. The van der Waals surface area contributed by atoms with Crippen LogP contribution in [0.4, 0.5) is 0 Å². The highest BCUT2D eigenvalue weighted by atomic mass is 16.4. The Labute approximate surface area is 136 Å². The zero-order valence-electron chi connectivity index (χ0n) is 15.0. The van der Waals surface area contributed by atoms with Crippen LogP contribution >= 0.6 is 0 Å². The van der Waals surface area contributed by atoms with Crippen LogP contribution in [0.2, 0.25) is 0 Å². The summed E-state index contributed by atoms with van der Waals surface area (Å²) in [6.07, 6.45) is 6.14. The van der Waals surface area contributed by atoms with Crippen LogP contribution in [-0.2, 0) is 0 Å². The zero-order chi connectivity index (χ0) is 17.2. The van der Waals surface area contributed by atoms with E-state index in [1.807, 2.05) is 0 Å². The van der Waals surface area contributed by atoms with Crippen molar-refractivity contribution in [3.63, 3.8) is 0 Å². The molecule has 4 nitrogen and oxygen atoms in total. The van der Waals surface area contributed by atoms with Gasteiger partial charge in [-0.15, -0.1) is 0 Å². The van der Waals surface area contributed by atoms with Gasteiger partial charge in [-0.1, -0.05) is 52.4 Å². The van der Waals surface area contributed by atoms with Gasteiger partial charge < -0.3 is 20.4 Å². The third kappa shape index (κ3) is 7.40. The molecule has 0 aliphatic heterocycles. The van der Waals surface area contributed by atoms with E-state index in [0.29, 0.717) is 25.7 Å². The lowest BCUT2D eigenvalue weighted by Gasteiger charge is -2.42. The standard InChI is InChI=1S/C18H38O4/c1-5-7-12-17(4,21)18(22,13-8-6-2)14-10-9-11-16(20)15(3)19/h15-16,19-22H,5-14H2,1-4H3. The van der Waals surface area contributed by atoms with E-state index >= 15 is 0 Å². The maximum absolute atomic E-state index is 11.0. The van der Waals surface area contributed by atoms with Gasteiger partial charge in [0.2, 0.25) is 0 Å². The van der Waals surface area contributed by atoms with Gasteiger partial charge in [0.1, 0.15) is 0 Å². The van der Waals surface area contributed by atoms with E-state index in [4.69, 9.17) is 0 Å². The first-order chi connectivity index (χ1) is 10.2. The summed E-state index contributed by atoms with van der Waals surface area (Å²) in [6, 6.07) is 0. The van der Waals surface area contributed by atoms with Crippen molar-refractivity contribution in [3.05, 3.63) is 0 Å². The van der Waals surface area contributed by atoms with E-state index in [1.54, 1.807) is 13.8 Å². The first-order valence-corrected chi connectivity index (χ1v) is 9.01. The summed E-state index contributed by atoms with van der Waals surface area (Å²) in [7, 11) is 0. The molecule has 0 radical (unpaired) electrons. The highest BCUT2D eigenvalue weighted by molar-refractivity contribution is 4.96. The van der Waals surface area contributed by atoms with Crippen molar-refractivity contribution in [1.82, 2.24) is 0 Å². The average Bonchev–Trinajstić information content (AvgIpc) is 2.46. The van der Waals surface area contributed by atoms with Crippen LogP contribution in [0.5, 0.6) is 0 Å². The number of unbranched alkanes of at least 4 members (excludes halogenated alkanes) is 3. The van der Waals surface area contributed by atoms with Gasteiger partial charge in [-0.05, 0) is 39.5 Å². The van der Waals surface area contributed by atoms with Gasteiger partial charge in [0.15, 0.2) is 0 Å². The predicted octanol–water partition coefficient (Wildman–Crippen LogP) is 3.15. The average molecular weight is 318 g/mol. The Morgan fingerprint density at radius 3 is 1.82 bits per heavy atom. The second-order valence-electron chi connectivity index (χ2n) is 7.07. The summed E-state index contributed by atoms with van der Waals surface area (Å²) in [5, 5.41) is 40.7. The fraction of sp³-hybridized carbons (Fsp3) is 1.00. The summed E-state index contributed by atoms with van der Waals surface area (Å²) in [4.78, 5) is 0. The van der Waals surface area contributed by atoms with Crippen molar-refractivity contribution in [1.29, 1.82) is 0 Å². The molecule has 0 bridgehead atoms. The maximum atomic E-state index is 11.0. The third-order valence-corrected chi connectivity index (χ3v) is 4.86. The van der Waals surface area contributed by atoms with Crippen LogP contribution in [0.25, 0.3) is 0 Å². The molecule has 134 valence electrons. The van der Waals surface area contributed by atoms with Crippen LogP contribution < -0.4 is 0 Å². The van der Waals surface area contributed by atoms with Gasteiger partial charge >= 0.3 is 0 Å². The van der Waals surface area contributed by atoms with Crippen molar-refractivity contribution in [3.8, 4) is 0 Å². The summed E-state index contributed by atoms with van der Waals surface area (Å²) in [5.41, 5.74) is -2.13. The molecule has 0 saturated carbocycles. The Hall–Kier alpha value is -0.160. The van der Waals surface area contributed by atoms with E-state index in [0.717, 1.165) is 38.5 Å². The number of aliphatic hydroxyl groups is 4. The lowest BCUT2D eigenvalue weighted by atomic mass is 9.74. The van der Waals surface area contributed by atoms with E-state index in [2.05, 4.69) is 13.8 Å². The number of hydrogen-bond donors (Lipinski definition) is 4. The highest BCUT2D eigenvalue weighted by Crippen LogP contribution is 2.36. The van der Waals surface area contributed by atoms with Crippen LogP contribution in [-0.4, -0.2) is 43.8 Å². The number of hydrogen-bond acceptors (Lipinski definition) is 4. The Morgan fingerprint density at radius 2 is 1.32 bits per heavy atom. The summed E-state index contributed by atoms with van der Waals surface area (Å²) < 4.78 is 0. The fourth-order valence-corrected chi connectivity index (χ4v) is 2.90. The monoisotopic (exact) mass is 318 g/mol. The first kappa shape index (κ1) is 21.8. The summed E-state index contributed by atoms with van der Waals surface area (Å²) in [5.74, 6) is 0. The molecular formula is C18H38O4. The van der Waals surface area contributed by atoms with Gasteiger partial charge in [-0.3, -0.25) is 0 Å². The fourth-order valence-electron chi connectivity index (χ4n) is 2.90. The largest absolute Gasteiger partial charge is 0.391 e. The van der Waals surface area contributed by atoms with Crippen molar-refractivity contribution in [2.45, 2.75) is 115 Å². The first-order valence-electron chi connectivity index (χ1n) is 9.01. The van der Waals surface area contributed by atoms with Crippen molar-refractivity contribution in [2.75, 3.05) is 0 Å². The molecule has 0 heterocycles. The Balaban J connectivity index is 4.54. The zero-order valence-corrected chi connectivity index (χ0v) is 15.0. The van der Waals surface area contributed by atoms with Crippen LogP contribution in [0.15, 0.2) is 0 Å². The van der Waals surface area contributed by atoms with Crippen molar-refractivity contribution in [2.24, 2.45) is 0 Å².